The molecule has 2 rings (SSSR count). The second-order valence-corrected chi connectivity index (χ2v) is 4.64. The zero-order valence-electron chi connectivity index (χ0n) is 11.5. The Morgan fingerprint density at radius 1 is 1.41 bits per heavy atom. The first-order chi connectivity index (χ1) is 10.5. The fourth-order valence-electron chi connectivity index (χ4n) is 1.69. The second kappa shape index (κ2) is 6.77. The van der Waals surface area contributed by atoms with Crippen LogP contribution >= 0.6 is 11.6 Å². The van der Waals surface area contributed by atoms with Crippen LogP contribution in [0.15, 0.2) is 41.5 Å². The number of non-ortho nitro benzene ring substituents is 1. The smallest absolute Gasteiger partial charge is 0.271 e. The first-order valence-corrected chi connectivity index (χ1v) is 6.49. The van der Waals surface area contributed by atoms with Gasteiger partial charge in [0.15, 0.2) is 11.5 Å². The van der Waals surface area contributed by atoms with Crippen LogP contribution < -0.4 is 10.2 Å². The first-order valence-electron chi connectivity index (χ1n) is 6.11. The number of nitrogens with one attached hydrogen (secondary N) is 1. The van der Waals surface area contributed by atoms with Gasteiger partial charge in [-0.3, -0.25) is 15.5 Å². The molecule has 0 radical (unpaired) electrons. The molecular formula is C14H12ClN3O4. The molecule has 0 amide bonds. The predicted octanol–water partition coefficient (Wildman–Crippen LogP) is 3.41. The van der Waals surface area contributed by atoms with Gasteiger partial charge in [0.2, 0.25) is 0 Å². The fourth-order valence-corrected chi connectivity index (χ4v) is 1.91. The summed E-state index contributed by atoms with van der Waals surface area (Å²) in [6, 6.07) is 9.02. The summed E-state index contributed by atoms with van der Waals surface area (Å²) < 4.78 is 4.98. The van der Waals surface area contributed by atoms with Gasteiger partial charge in [-0.1, -0.05) is 17.7 Å². The van der Waals surface area contributed by atoms with Crippen LogP contribution in [0.2, 0.25) is 5.02 Å². The Balaban J connectivity index is 2.14. The van der Waals surface area contributed by atoms with Crippen molar-refractivity contribution >= 4 is 29.2 Å². The molecule has 0 spiro atoms. The number of hydrazone groups is 1. The molecule has 0 heterocycles. The van der Waals surface area contributed by atoms with Gasteiger partial charge < -0.3 is 9.84 Å². The van der Waals surface area contributed by atoms with Crippen molar-refractivity contribution in [2.45, 2.75) is 0 Å². The van der Waals surface area contributed by atoms with E-state index in [0.717, 1.165) is 0 Å². The van der Waals surface area contributed by atoms with E-state index < -0.39 is 4.92 Å². The number of halogens is 1. The number of nitro groups is 1. The number of methoxy groups -OCH3 is 1. The Morgan fingerprint density at radius 2 is 2.18 bits per heavy atom. The highest BCUT2D eigenvalue weighted by molar-refractivity contribution is 6.32. The molecule has 0 saturated heterocycles. The van der Waals surface area contributed by atoms with E-state index in [9.17, 15) is 15.2 Å². The van der Waals surface area contributed by atoms with E-state index in [1.807, 2.05) is 0 Å². The third-order valence-corrected chi connectivity index (χ3v) is 3.02. The normalized spacial score (nSPS) is 10.6. The van der Waals surface area contributed by atoms with E-state index in [1.54, 1.807) is 18.2 Å². The average molecular weight is 322 g/mol. The van der Waals surface area contributed by atoms with Gasteiger partial charge in [-0.2, -0.15) is 5.10 Å². The van der Waals surface area contributed by atoms with Crippen LogP contribution in [0.1, 0.15) is 5.56 Å². The Morgan fingerprint density at radius 3 is 2.86 bits per heavy atom. The maximum absolute atomic E-state index is 10.7. The Kier molecular flexibility index (Phi) is 4.80. The quantitative estimate of drug-likeness (QED) is 0.499. The molecule has 0 aliphatic heterocycles. The number of aromatic hydroxyl groups is 1. The molecule has 0 unspecified atom stereocenters. The largest absolute Gasteiger partial charge is 0.503 e. The minimum atomic E-state index is -0.487. The predicted molar refractivity (Wildman–Crippen MR) is 84.0 cm³/mol. The van der Waals surface area contributed by atoms with Crippen molar-refractivity contribution in [3.05, 3.63) is 57.1 Å². The molecule has 2 N–H and O–H groups in total. The SMILES string of the molecule is COc1cc(/C=N/Nc2cccc([N+](=O)[O-])c2)cc(Cl)c1O. The molecule has 114 valence electrons. The zero-order chi connectivity index (χ0) is 16.1. The van der Waals surface area contributed by atoms with Gasteiger partial charge in [-0.25, -0.2) is 0 Å². The minimum Gasteiger partial charge on any atom is -0.503 e. The summed E-state index contributed by atoms with van der Waals surface area (Å²) in [5.41, 5.74) is 3.72. The van der Waals surface area contributed by atoms with E-state index in [-0.39, 0.29) is 22.2 Å². The van der Waals surface area contributed by atoms with E-state index in [0.29, 0.717) is 11.3 Å². The number of nitro benzene ring substituents is 1. The monoisotopic (exact) mass is 321 g/mol. The zero-order valence-corrected chi connectivity index (χ0v) is 12.2. The molecule has 0 aliphatic rings. The molecule has 0 aromatic heterocycles. The highest BCUT2D eigenvalue weighted by Gasteiger charge is 2.08. The second-order valence-electron chi connectivity index (χ2n) is 4.23. The highest BCUT2D eigenvalue weighted by Crippen LogP contribution is 2.34. The fraction of sp³-hybridized carbons (Fsp3) is 0.0714. The Bertz CT molecular complexity index is 734. The first kappa shape index (κ1) is 15.6. The molecule has 0 atom stereocenters. The van der Waals surface area contributed by atoms with E-state index in [1.165, 1.54) is 31.5 Å². The van der Waals surface area contributed by atoms with Crippen LogP contribution in [-0.4, -0.2) is 23.4 Å². The molecule has 0 bridgehead atoms. The lowest BCUT2D eigenvalue weighted by atomic mass is 10.2. The molecule has 2 aromatic rings. The van der Waals surface area contributed by atoms with E-state index >= 15 is 0 Å². The summed E-state index contributed by atoms with van der Waals surface area (Å²) in [6.45, 7) is 0. The summed E-state index contributed by atoms with van der Waals surface area (Å²) >= 11 is 5.86. The number of hydrogen-bond acceptors (Lipinski definition) is 6. The van der Waals surface area contributed by atoms with Gasteiger partial charge in [0, 0.05) is 12.1 Å². The summed E-state index contributed by atoms with van der Waals surface area (Å²) in [7, 11) is 1.41. The van der Waals surface area contributed by atoms with E-state index in [4.69, 9.17) is 16.3 Å². The van der Waals surface area contributed by atoms with Gasteiger partial charge in [0.25, 0.3) is 5.69 Å². The molecule has 8 heteroatoms. The van der Waals surface area contributed by atoms with Crippen molar-refractivity contribution in [3.8, 4) is 11.5 Å². The molecule has 7 nitrogen and oxygen atoms in total. The maximum Gasteiger partial charge on any atom is 0.271 e. The van der Waals surface area contributed by atoms with Crippen LogP contribution in [0.4, 0.5) is 11.4 Å². The van der Waals surface area contributed by atoms with E-state index in [2.05, 4.69) is 10.5 Å². The third-order valence-electron chi connectivity index (χ3n) is 2.73. The molecular weight excluding hydrogens is 310 g/mol. The summed E-state index contributed by atoms with van der Waals surface area (Å²) in [5, 5.41) is 24.4. The average Bonchev–Trinajstić information content (AvgIpc) is 2.51. The summed E-state index contributed by atoms with van der Waals surface area (Å²) in [4.78, 5) is 10.2. The number of rotatable bonds is 5. The van der Waals surface area contributed by atoms with Crippen LogP contribution in [-0.2, 0) is 0 Å². The van der Waals surface area contributed by atoms with Gasteiger partial charge in [0.1, 0.15) is 0 Å². The number of phenols is 1. The molecule has 0 fully saturated rings. The van der Waals surface area contributed by atoms with Gasteiger partial charge in [-0.15, -0.1) is 0 Å². The van der Waals surface area contributed by atoms with Crippen molar-refractivity contribution in [1.82, 2.24) is 0 Å². The summed E-state index contributed by atoms with van der Waals surface area (Å²) in [5.74, 6) is 0.0808. The molecule has 22 heavy (non-hydrogen) atoms. The van der Waals surface area contributed by atoms with Crippen LogP contribution in [0, 0.1) is 10.1 Å². The molecule has 0 aliphatic carbocycles. The number of hydrogen-bond donors (Lipinski definition) is 2. The van der Waals surface area contributed by atoms with Crippen molar-refractivity contribution < 1.29 is 14.8 Å². The molecule has 2 aromatic carbocycles. The van der Waals surface area contributed by atoms with Crippen LogP contribution in [0.25, 0.3) is 0 Å². The lowest BCUT2D eigenvalue weighted by Crippen LogP contribution is -1.94. The number of nitrogens with zero attached hydrogens (tertiary/aromatic N) is 2. The lowest BCUT2D eigenvalue weighted by molar-refractivity contribution is -0.384. The molecule has 0 saturated carbocycles. The van der Waals surface area contributed by atoms with Crippen molar-refractivity contribution in [2.75, 3.05) is 12.5 Å². The van der Waals surface area contributed by atoms with Crippen molar-refractivity contribution in [1.29, 1.82) is 0 Å². The van der Waals surface area contributed by atoms with Gasteiger partial charge in [0.05, 0.1) is 29.0 Å². The van der Waals surface area contributed by atoms with Crippen molar-refractivity contribution in [2.24, 2.45) is 5.10 Å². The third kappa shape index (κ3) is 3.64. The van der Waals surface area contributed by atoms with Gasteiger partial charge >= 0.3 is 0 Å². The topological polar surface area (TPSA) is 97.0 Å². The Hall–Kier alpha value is -2.80. The minimum absolute atomic E-state index is 0.0328. The maximum atomic E-state index is 10.7. The number of phenolic OH excluding ortho intramolecular Hbond substituents is 1. The standard InChI is InChI=1S/C14H12ClN3O4/c1-22-13-6-9(5-12(15)14(13)19)8-16-17-10-3-2-4-11(7-10)18(20)21/h2-8,17,19H,1H3/b16-8+. The highest BCUT2D eigenvalue weighted by atomic mass is 35.5. The number of benzene rings is 2. The van der Waals surface area contributed by atoms with Crippen molar-refractivity contribution in [3.63, 3.8) is 0 Å². The lowest BCUT2D eigenvalue weighted by Gasteiger charge is -2.06. The number of ether oxygens (including phenoxy) is 1. The van der Waals surface area contributed by atoms with Gasteiger partial charge in [-0.05, 0) is 23.8 Å². The van der Waals surface area contributed by atoms with Crippen LogP contribution in [0.3, 0.4) is 0 Å². The number of anilines is 1. The summed E-state index contributed by atoms with van der Waals surface area (Å²) in [6.07, 6.45) is 1.45. The Labute approximate surface area is 130 Å². The van der Waals surface area contributed by atoms with Crippen LogP contribution in [0.5, 0.6) is 11.5 Å².